The van der Waals surface area contributed by atoms with Crippen molar-refractivity contribution in [2.24, 2.45) is 23.7 Å². The van der Waals surface area contributed by atoms with Crippen molar-refractivity contribution in [1.29, 1.82) is 0 Å². The van der Waals surface area contributed by atoms with Crippen LogP contribution in [0.4, 0.5) is 0 Å². The van der Waals surface area contributed by atoms with Crippen LogP contribution in [0.3, 0.4) is 0 Å². The Balaban J connectivity index is 1.77. The summed E-state index contributed by atoms with van der Waals surface area (Å²) in [5.41, 5.74) is 1.46. The summed E-state index contributed by atoms with van der Waals surface area (Å²) in [6.07, 6.45) is 12.5. The van der Waals surface area contributed by atoms with Crippen LogP contribution in [-0.2, 0) is 4.79 Å². The van der Waals surface area contributed by atoms with Crippen molar-refractivity contribution >= 4 is 17.7 Å². The van der Waals surface area contributed by atoms with Gasteiger partial charge in [0.15, 0.2) is 0 Å². The zero-order chi connectivity index (χ0) is 21.4. The molecule has 6 atom stereocenters. The molecule has 0 aliphatic heterocycles. The highest BCUT2D eigenvalue weighted by Gasteiger charge is 2.43. The first-order valence-corrected chi connectivity index (χ1v) is 12.5. The Bertz CT molecular complexity index is 574. The molecule has 2 N–H and O–H groups in total. The molecule has 1 saturated carbocycles. The maximum atomic E-state index is 11.7. The Kier molecular flexibility index (Phi) is 10.3. The quantitative estimate of drug-likeness (QED) is 0.363. The molecule has 166 valence electrons. The van der Waals surface area contributed by atoms with Crippen LogP contribution >= 0.6 is 11.8 Å². The zero-order valence-corrected chi connectivity index (χ0v) is 19.5. The standard InChI is InChI=1S/C24H41NO3S/c1-5-6-7-17(2)12-20(26)8-9-21-22-14-18(13-19(22)15-23(21)27)16-29-11-10-24(28)25(3)4/h8-9,13,17,19-23,26-27H,5-7,10-12,14-16H2,1-4H3/t17-,19-,20+,21+,22-,23+/m0/s1. The number of thioether (sulfide) groups is 1. The highest BCUT2D eigenvalue weighted by molar-refractivity contribution is 7.99. The minimum Gasteiger partial charge on any atom is -0.392 e. The summed E-state index contributed by atoms with van der Waals surface area (Å²) in [6, 6.07) is 0. The van der Waals surface area contributed by atoms with Gasteiger partial charge >= 0.3 is 0 Å². The van der Waals surface area contributed by atoms with Crippen LogP contribution in [-0.4, -0.2) is 58.8 Å². The average Bonchev–Trinajstić information content (AvgIpc) is 3.17. The van der Waals surface area contributed by atoms with Gasteiger partial charge in [0.2, 0.25) is 5.91 Å². The van der Waals surface area contributed by atoms with Crippen molar-refractivity contribution in [3.63, 3.8) is 0 Å². The van der Waals surface area contributed by atoms with Gasteiger partial charge in [-0.3, -0.25) is 4.79 Å². The molecule has 2 aliphatic rings. The summed E-state index contributed by atoms with van der Waals surface area (Å²) < 4.78 is 0. The molecule has 2 rings (SSSR count). The minimum atomic E-state index is -0.410. The monoisotopic (exact) mass is 423 g/mol. The van der Waals surface area contributed by atoms with Crippen LogP contribution in [0.25, 0.3) is 0 Å². The van der Waals surface area contributed by atoms with Crippen molar-refractivity contribution in [2.45, 2.75) is 71.0 Å². The van der Waals surface area contributed by atoms with E-state index >= 15 is 0 Å². The van der Waals surface area contributed by atoms with Crippen molar-refractivity contribution < 1.29 is 15.0 Å². The number of hydrogen-bond acceptors (Lipinski definition) is 4. The van der Waals surface area contributed by atoms with Gasteiger partial charge in [-0.1, -0.05) is 56.9 Å². The molecular weight excluding hydrogens is 382 g/mol. The highest BCUT2D eigenvalue weighted by Crippen LogP contribution is 2.47. The first kappa shape index (κ1) is 24.5. The summed E-state index contributed by atoms with van der Waals surface area (Å²) in [5.74, 6) is 3.63. The van der Waals surface area contributed by atoms with E-state index in [1.54, 1.807) is 19.0 Å². The molecule has 4 nitrogen and oxygen atoms in total. The molecule has 0 unspecified atom stereocenters. The lowest BCUT2D eigenvalue weighted by Gasteiger charge is -2.19. The Morgan fingerprint density at radius 2 is 2.17 bits per heavy atom. The smallest absolute Gasteiger partial charge is 0.222 e. The molecule has 1 amide bonds. The first-order valence-electron chi connectivity index (χ1n) is 11.3. The largest absolute Gasteiger partial charge is 0.392 e. The molecule has 0 heterocycles. The van der Waals surface area contributed by atoms with Gasteiger partial charge in [0.25, 0.3) is 0 Å². The normalized spacial score (nSPS) is 28.4. The summed E-state index contributed by atoms with van der Waals surface area (Å²) >= 11 is 1.83. The fraction of sp³-hybridized carbons (Fsp3) is 0.792. The van der Waals surface area contributed by atoms with E-state index in [1.807, 2.05) is 17.8 Å². The molecule has 0 aromatic heterocycles. The van der Waals surface area contributed by atoms with Crippen LogP contribution in [0.15, 0.2) is 23.8 Å². The first-order chi connectivity index (χ1) is 13.8. The number of carbonyl (C=O) groups is 1. The van der Waals surface area contributed by atoms with Crippen LogP contribution in [0.2, 0.25) is 0 Å². The number of hydrogen-bond donors (Lipinski definition) is 2. The summed E-state index contributed by atoms with van der Waals surface area (Å²) in [5, 5.41) is 20.9. The SMILES string of the molecule is CCCC[C@H](C)C[C@H](O)C=C[C@@H]1[C@H]2CC(CSCCC(=O)N(C)C)=C[C@H]2C[C@H]1O. The lowest BCUT2D eigenvalue weighted by atomic mass is 9.88. The fourth-order valence-corrected chi connectivity index (χ4v) is 5.66. The lowest BCUT2D eigenvalue weighted by molar-refractivity contribution is -0.128. The number of amides is 1. The van der Waals surface area contributed by atoms with Gasteiger partial charge in [-0.05, 0) is 37.0 Å². The van der Waals surface area contributed by atoms with E-state index in [1.165, 1.54) is 24.8 Å². The molecule has 5 heteroatoms. The number of aliphatic hydroxyl groups is 2. The topological polar surface area (TPSA) is 60.8 Å². The number of carbonyl (C=O) groups excluding carboxylic acids is 1. The lowest BCUT2D eigenvalue weighted by Crippen LogP contribution is -2.21. The Hall–Kier alpha value is -0.780. The van der Waals surface area contributed by atoms with E-state index in [2.05, 4.69) is 26.0 Å². The second kappa shape index (κ2) is 12.2. The van der Waals surface area contributed by atoms with Gasteiger partial charge in [0.1, 0.15) is 0 Å². The van der Waals surface area contributed by atoms with Crippen LogP contribution in [0.5, 0.6) is 0 Å². The molecule has 0 bridgehead atoms. The number of rotatable bonds is 12. The fourth-order valence-electron chi connectivity index (χ4n) is 4.72. The van der Waals surface area contributed by atoms with E-state index in [4.69, 9.17) is 0 Å². The summed E-state index contributed by atoms with van der Waals surface area (Å²) in [6.45, 7) is 4.41. The molecule has 29 heavy (non-hydrogen) atoms. The zero-order valence-electron chi connectivity index (χ0n) is 18.7. The van der Waals surface area contributed by atoms with Crippen molar-refractivity contribution in [3.8, 4) is 0 Å². The third-order valence-corrected chi connectivity index (χ3v) is 7.51. The van der Waals surface area contributed by atoms with Crippen molar-refractivity contribution in [3.05, 3.63) is 23.8 Å². The minimum absolute atomic E-state index is 0.148. The van der Waals surface area contributed by atoms with E-state index in [0.717, 1.165) is 30.8 Å². The second-order valence-corrected chi connectivity index (χ2v) is 10.4. The third-order valence-electron chi connectivity index (χ3n) is 6.45. The number of aliphatic hydroxyl groups excluding tert-OH is 2. The average molecular weight is 424 g/mol. The molecule has 0 radical (unpaired) electrons. The van der Waals surface area contributed by atoms with Gasteiger partial charge in [0.05, 0.1) is 12.2 Å². The predicted molar refractivity (Wildman–Crippen MR) is 123 cm³/mol. The Morgan fingerprint density at radius 1 is 1.41 bits per heavy atom. The highest BCUT2D eigenvalue weighted by atomic mass is 32.2. The second-order valence-electron chi connectivity index (χ2n) is 9.26. The van der Waals surface area contributed by atoms with E-state index in [-0.39, 0.29) is 17.9 Å². The molecule has 2 aliphatic carbocycles. The van der Waals surface area contributed by atoms with Gasteiger partial charge in [-0.2, -0.15) is 11.8 Å². The van der Waals surface area contributed by atoms with Gasteiger partial charge in [-0.25, -0.2) is 0 Å². The number of allylic oxidation sites excluding steroid dienone is 1. The van der Waals surface area contributed by atoms with Gasteiger partial charge in [0, 0.05) is 37.9 Å². The predicted octanol–water partition coefficient (Wildman–Crippen LogP) is 4.27. The van der Waals surface area contributed by atoms with Crippen molar-refractivity contribution in [2.75, 3.05) is 25.6 Å². The molecule has 0 spiro atoms. The number of fused-ring (bicyclic) bond motifs is 1. The van der Waals surface area contributed by atoms with Crippen LogP contribution < -0.4 is 0 Å². The van der Waals surface area contributed by atoms with Gasteiger partial charge < -0.3 is 15.1 Å². The van der Waals surface area contributed by atoms with Crippen molar-refractivity contribution in [1.82, 2.24) is 4.90 Å². The van der Waals surface area contributed by atoms with Crippen LogP contribution in [0.1, 0.15) is 58.8 Å². The summed E-state index contributed by atoms with van der Waals surface area (Å²) in [4.78, 5) is 13.3. The Labute approximate surface area is 181 Å². The maximum Gasteiger partial charge on any atom is 0.222 e. The molecule has 0 saturated heterocycles. The molecule has 0 aromatic carbocycles. The number of unbranched alkanes of at least 4 members (excludes halogenated alkanes) is 1. The Morgan fingerprint density at radius 3 is 2.86 bits per heavy atom. The van der Waals surface area contributed by atoms with Crippen LogP contribution in [0, 0.1) is 23.7 Å². The molecule has 0 aromatic rings. The summed E-state index contributed by atoms with van der Waals surface area (Å²) in [7, 11) is 3.60. The van der Waals surface area contributed by atoms with E-state index in [0.29, 0.717) is 24.2 Å². The maximum absolute atomic E-state index is 11.7. The molecule has 1 fully saturated rings. The molecular formula is C24H41NO3S. The van der Waals surface area contributed by atoms with E-state index < -0.39 is 6.10 Å². The van der Waals surface area contributed by atoms with Gasteiger partial charge in [-0.15, -0.1) is 0 Å². The number of nitrogens with zero attached hydrogens (tertiary/aromatic N) is 1. The third kappa shape index (κ3) is 7.76. The van der Waals surface area contributed by atoms with E-state index in [9.17, 15) is 15.0 Å².